The van der Waals surface area contributed by atoms with Crippen LogP contribution in [0.3, 0.4) is 0 Å². The first-order chi connectivity index (χ1) is 13.5. The second-order valence-electron chi connectivity index (χ2n) is 7.18. The quantitative estimate of drug-likeness (QED) is 0.247. The molecule has 0 fully saturated rings. The molecule has 0 spiro atoms. The van der Waals surface area contributed by atoms with Gasteiger partial charge in [0.05, 0.1) is 5.56 Å². The molecule has 0 atom stereocenters. The molecule has 0 aliphatic heterocycles. The zero-order valence-corrected chi connectivity index (χ0v) is 17.0. The molecule has 0 bridgehead atoms. The van der Waals surface area contributed by atoms with Gasteiger partial charge in [-0.3, -0.25) is 14.9 Å². The summed E-state index contributed by atoms with van der Waals surface area (Å²) in [4.78, 5) is 37.4. The monoisotopic (exact) mass is 391 g/mol. The van der Waals surface area contributed by atoms with E-state index < -0.39 is 16.6 Å². The average molecular weight is 392 g/mol. The fourth-order valence-electron chi connectivity index (χ4n) is 3.05. The van der Waals surface area contributed by atoms with Crippen molar-refractivity contribution in [3.05, 3.63) is 34.0 Å². The largest absolute Gasteiger partial charge is 0.364 e. The number of nitrogens with zero attached hydrogens (tertiary/aromatic N) is 2. The Bertz CT molecular complexity index is 619. The fourth-order valence-corrected chi connectivity index (χ4v) is 3.05. The molecule has 1 heterocycles. The predicted molar refractivity (Wildman–Crippen MR) is 109 cm³/mol. The number of rotatable bonds is 15. The zero-order valence-electron chi connectivity index (χ0n) is 17.0. The molecule has 0 aromatic carbocycles. The van der Waals surface area contributed by atoms with Crippen molar-refractivity contribution in [2.24, 2.45) is 0 Å². The molecule has 0 radical (unpaired) electrons. The number of aromatic nitrogens is 1. The summed E-state index contributed by atoms with van der Waals surface area (Å²) < 4.78 is 0. The summed E-state index contributed by atoms with van der Waals surface area (Å²) in [5.74, 6) is -1.40. The second kappa shape index (κ2) is 14.7. The number of nitro groups is 1. The molecule has 156 valence electrons. The Morgan fingerprint density at radius 2 is 1.50 bits per heavy atom. The average Bonchev–Trinajstić information content (AvgIpc) is 2.68. The summed E-state index contributed by atoms with van der Waals surface area (Å²) in [6, 6.07) is 2.41. The molecule has 0 unspecified atom stereocenters. The van der Waals surface area contributed by atoms with E-state index in [-0.39, 0.29) is 17.9 Å². The highest BCUT2D eigenvalue weighted by Gasteiger charge is 2.15. The molecular weight excluding hydrogens is 358 g/mol. The molecule has 7 heteroatoms. The summed E-state index contributed by atoms with van der Waals surface area (Å²) in [5, 5.41) is 13.0. The van der Waals surface area contributed by atoms with Crippen LogP contribution in [0.2, 0.25) is 0 Å². The van der Waals surface area contributed by atoms with Crippen LogP contribution in [0.5, 0.6) is 0 Å². The highest BCUT2D eigenvalue weighted by molar-refractivity contribution is 6.04. The van der Waals surface area contributed by atoms with Crippen molar-refractivity contribution in [2.75, 3.05) is 0 Å². The number of unbranched alkanes of at least 4 members (excludes halogenated alkanes) is 11. The van der Waals surface area contributed by atoms with E-state index in [1.54, 1.807) is 0 Å². The van der Waals surface area contributed by atoms with Gasteiger partial charge >= 0.3 is 5.82 Å². The van der Waals surface area contributed by atoms with Gasteiger partial charge in [0.2, 0.25) is 5.91 Å². The molecule has 0 saturated heterocycles. The van der Waals surface area contributed by atoms with Gasteiger partial charge < -0.3 is 10.1 Å². The van der Waals surface area contributed by atoms with Crippen LogP contribution in [-0.4, -0.2) is 21.7 Å². The van der Waals surface area contributed by atoms with E-state index in [1.165, 1.54) is 70.1 Å². The number of hydrogen-bond donors (Lipinski definition) is 1. The van der Waals surface area contributed by atoms with Crippen molar-refractivity contribution in [1.29, 1.82) is 0 Å². The zero-order chi connectivity index (χ0) is 20.6. The second-order valence-corrected chi connectivity index (χ2v) is 7.18. The van der Waals surface area contributed by atoms with Crippen molar-refractivity contribution >= 4 is 17.6 Å². The Labute approximate surface area is 167 Å². The highest BCUT2D eigenvalue weighted by Crippen LogP contribution is 2.13. The van der Waals surface area contributed by atoms with Crippen molar-refractivity contribution in [3.8, 4) is 0 Å². The van der Waals surface area contributed by atoms with E-state index in [4.69, 9.17) is 0 Å². The van der Waals surface area contributed by atoms with Crippen LogP contribution in [0.15, 0.2) is 18.3 Å². The lowest BCUT2D eigenvalue weighted by atomic mass is 10.0. The first kappa shape index (κ1) is 23.7. The minimum Gasteiger partial charge on any atom is -0.358 e. The van der Waals surface area contributed by atoms with E-state index >= 15 is 0 Å². The molecule has 28 heavy (non-hydrogen) atoms. The summed E-state index contributed by atoms with van der Waals surface area (Å²) in [7, 11) is 0. The van der Waals surface area contributed by atoms with Crippen LogP contribution in [0.4, 0.5) is 5.82 Å². The van der Waals surface area contributed by atoms with Gasteiger partial charge in [0.15, 0.2) is 0 Å². The van der Waals surface area contributed by atoms with E-state index in [0.29, 0.717) is 0 Å². The summed E-state index contributed by atoms with van der Waals surface area (Å²) in [5.41, 5.74) is 0.0599. The van der Waals surface area contributed by atoms with Crippen molar-refractivity contribution in [1.82, 2.24) is 10.3 Å². The van der Waals surface area contributed by atoms with Crippen LogP contribution < -0.4 is 5.32 Å². The van der Waals surface area contributed by atoms with Crippen LogP contribution in [0.25, 0.3) is 0 Å². The topological polar surface area (TPSA) is 102 Å². The van der Waals surface area contributed by atoms with Gasteiger partial charge in [-0.05, 0) is 22.4 Å². The smallest absolute Gasteiger partial charge is 0.358 e. The van der Waals surface area contributed by atoms with Crippen molar-refractivity contribution in [3.63, 3.8) is 0 Å². The lowest BCUT2D eigenvalue weighted by molar-refractivity contribution is -0.389. The van der Waals surface area contributed by atoms with Gasteiger partial charge in [-0.25, -0.2) is 0 Å². The molecule has 1 aromatic heterocycles. The van der Waals surface area contributed by atoms with Gasteiger partial charge in [0.25, 0.3) is 5.91 Å². The van der Waals surface area contributed by atoms with Gasteiger partial charge in [0, 0.05) is 12.5 Å². The molecule has 1 rings (SSSR count). The Hall–Kier alpha value is -2.31. The van der Waals surface area contributed by atoms with Gasteiger partial charge in [-0.1, -0.05) is 77.6 Å². The molecule has 0 aliphatic rings. The Kier molecular flexibility index (Phi) is 12.5. The van der Waals surface area contributed by atoms with Gasteiger partial charge in [-0.2, -0.15) is 0 Å². The maximum atomic E-state index is 12.0. The molecule has 0 saturated carbocycles. The Morgan fingerprint density at radius 1 is 0.964 bits per heavy atom. The fraction of sp³-hybridized carbons (Fsp3) is 0.667. The molecule has 7 nitrogen and oxygen atoms in total. The SMILES string of the molecule is CCCCCCCCCCCCCCC(=O)NC(=O)c1ccnc([N+](=O)[O-])c1. The van der Waals surface area contributed by atoms with Crippen molar-refractivity contribution < 1.29 is 14.5 Å². The van der Waals surface area contributed by atoms with Gasteiger partial charge in [0.1, 0.15) is 6.20 Å². The van der Waals surface area contributed by atoms with Crippen LogP contribution in [0.1, 0.15) is 101 Å². The number of imide groups is 1. The highest BCUT2D eigenvalue weighted by atomic mass is 16.6. The predicted octanol–water partition coefficient (Wildman–Crippen LogP) is 5.34. The van der Waals surface area contributed by atoms with E-state index in [9.17, 15) is 19.7 Å². The minimum atomic E-state index is -0.676. The first-order valence-corrected chi connectivity index (χ1v) is 10.5. The normalized spacial score (nSPS) is 10.6. The molecule has 1 aromatic rings. The third kappa shape index (κ3) is 10.7. The first-order valence-electron chi connectivity index (χ1n) is 10.5. The summed E-state index contributed by atoms with van der Waals surface area (Å²) in [6.07, 6.45) is 16.0. The van der Waals surface area contributed by atoms with Crippen LogP contribution in [-0.2, 0) is 4.79 Å². The maximum absolute atomic E-state index is 12.0. The summed E-state index contributed by atoms with van der Waals surface area (Å²) >= 11 is 0. The van der Waals surface area contributed by atoms with Gasteiger partial charge in [-0.15, -0.1) is 0 Å². The van der Waals surface area contributed by atoms with Crippen molar-refractivity contribution in [2.45, 2.75) is 90.4 Å². The lowest BCUT2D eigenvalue weighted by Gasteiger charge is -2.05. The maximum Gasteiger partial charge on any atom is 0.364 e. The van der Waals surface area contributed by atoms with E-state index in [2.05, 4.69) is 17.2 Å². The van der Waals surface area contributed by atoms with Crippen LogP contribution in [0, 0.1) is 10.1 Å². The minimum absolute atomic E-state index is 0.0599. The van der Waals surface area contributed by atoms with E-state index in [0.717, 1.165) is 25.3 Å². The standard InChI is InChI=1S/C21H33N3O4/c1-2-3-4-5-6-7-8-9-10-11-12-13-14-20(25)23-21(26)18-15-16-22-19(17-18)24(27)28/h15-17H,2-14H2,1H3,(H,23,25,26). The Balaban J connectivity index is 2.06. The third-order valence-electron chi connectivity index (χ3n) is 4.71. The number of hydrogen-bond acceptors (Lipinski definition) is 5. The lowest BCUT2D eigenvalue weighted by Crippen LogP contribution is -2.30. The Morgan fingerprint density at radius 3 is 2.04 bits per heavy atom. The molecule has 1 N–H and O–H groups in total. The number of carbonyl (C=O) groups excluding carboxylic acids is 2. The molecule has 2 amide bonds. The third-order valence-corrected chi connectivity index (χ3v) is 4.71. The number of pyridine rings is 1. The van der Waals surface area contributed by atoms with Crippen LogP contribution >= 0.6 is 0 Å². The molecule has 0 aliphatic carbocycles. The number of amides is 2. The molecular formula is C21H33N3O4. The number of carbonyl (C=O) groups is 2. The van der Waals surface area contributed by atoms with E-state index in [1.807, 2.05) is 0 Å². The summed E-state index contributed by atoms with van der Waals surface area (Å²) in [6.45, 7) is 2.23. The number of nitrogens with one attached hydrogen (secondary N) is 1.